The van der Waals surface area contributed by atoms with Crippen LogP contribution in [0.3, 0.4) is 0 Å². The summed E-state index contributed by atoms with van der Waals surface area (Å²) in [5, 5.41) is 10.8. The van der Waals surface area contributed by atoms with Gasteiger partial charge in [-0.2, -0.15) is 0 Å². The van der Waals surface area contributed by atoms with Gasteiger partial charge in [0, 0.05) is 30.3 Å². The summed E-state index contributed by atoms with van der Waals surface area (Å²) in [4.78, 5) is 2.82. The molecule has 1 heterocycles. The molecule has 3 rings (SSSR count). The van der Waals surface area contributed by atoms with E-state index in [0.29, 0.717) is 10.9 Å². The van der Waals surface area contributed by atoms with Gasteiger partial charge in [0.1, 0.15) is 4.99 Å². The molecule has 1 aromatic carbocycles. The lowest BCUT2D eigenvalue weighted by Gasteiger charge is -2.48. The zero-order valence-electron chi connectivity index (χ0n) is 12.6. The normalized spacial score (nSPS) is 29.0. The van der Waals surface area contributed by atoms with Crippen LogP contribution in [0.1, 0.15) is 43.2 Å². The molecule has 1 aromatic rings. The molecule has 2 aliphatic rings. The van der Waals surface area contributed by atoms with E-state index in [9.17, 15) is 5.11 Å². The lowest BCUT2D eigenvalue weighted by atomic mass is 9.71. The first-order valence-electron chi connectivity index (χ1n) is 7.87. The van der Waals surface area contributed by atoms with Gasteiger partial charge in [-0.05, 0) is 43.9 Å². The summed E-state index contributed by atoms with van der Waals surface area (Å²) in [5.74, 6) is 0.375. The Kier molecular flexibility index (Phi) is 3.93. The monoisotopic (exact) mass is 304 g/mol. The van der Waals surface area contributed by atoms with Crippen molar-refractivity contribution in [1.29, 1.82) is 0 Å². The molecule has 21 heavy (non-hydrogen) atoms. The predicted octanol–water partition coefficient (Wildman–Crippen LogP) is 2.76. The fourth-order valence-corrected chi connectivity index (χ4v) is 4.07. The standard InChI is InChI=1S/C17H24N2OS/c1-12-5-6-14(16(18)21)15(10-12)19-9-8-17(20)7-3-2-4-13(17)11-19/h5-6,10,13,20H,2-4,7-9,11H2,1H3,(H2,18,21). The summed E-state index contributed by atoms with van der Waals surface area (Å²) in [6.45, 7) is 3.88. The maximum absolute atomic E-state index is 10.8. The Morgan fingerprint density at radius 1 is 1.38 bits per heavy atom. The van der Waals surface area contributed by atoms with E-state index in [1.165, 1.54) is 12.0 Å². The Labute approximate surface area is 132 Å². The lowest BCUT2D eigenvalue weighted by molar-refractivity contribution is -0.0612. The van der Waals surface area contributed by atoms with Crippen molar-refractivity contribution < 1.29 is 5.11 Å². The van der Waals surface area contributed by atoms with Gasteiger partial charge in [-0.25, -0.2) is 0 Å². The third-order valence-electron chi connectivity index (χ3n) is 5.19. The van der Waals surface area contributed by atoms with Crippen molar-refractivity contribution in [3.63, 3.8) is 0 Å². The summed E-state index contributed by atoms with van der Waals surface area (Å²) in [7, 11) is 0. The van der Waals surface area contributed by atoms with E-state index in [2.05, 4.69) is 24.0 Å². The topological polar surface area (TPSA) is 49.5 Å². The maximum atomic E-state index is 10.8. The van der Waals surface area contributed by atoms with Crippen LogP contribution in [0.15, 0.2) is 18.2 Å². The minimum atomic E-state index is -0.442. The van der Waals surface area contributed by atoms with E-state index in [-0.39, 0.29) is 0 Å². The average molecular weight is 304 g/mol. The van der Waals surface area contributed by atoms with Crippen LogP contribution in [0.2, 0.25) is 0 Å². The number of thiocarbonyl (C=S) groups is 1. The van der Waals surface area contributed by atoms with Crippen molar-refractivity contribution in [3.8, 4) is 0 Å². The highest BCUT2D eigenvalue weighted by molar-refractivity contribution is 7.80. The van der Waals surface area contributed by atoms with Crippen LogP contribution in [-0.2, 0) is 0 Å². The molecule has 1 aliphatic heterocycles. The average Bonchev–Trinajstić information content (AvgIpc) is 2.45. The number of aryl methyl sites for hydroxylation is 1. The molecule has 4 heteroatoms. The minimum absolute atomic E-state index is 0.375. The Morgan fingerprint density at radius 3 is 2.95 bits per heavy atom. The molecule has 2 atom stereocenters. The number of nitrogens with zero attached hydrogens (tertiary/aromatic N) is 1. The van der Waals surface area contributed by atoms with Gasteiger partial charge < -0.3 is 15.7 Å². The number of hydrogen-bond donors (Lipinski definition) is 2. The van der Waals surface area contributed by atoms with Gasteiger partial charge in [-0.1, -0.05) is 31.1 Å². The molecule has 2 unspecified atom stereocenters. The van der Waals surface area contributed by atoms with Crippen LogP contribution >= 0.6 is 12.2 Å². The molecule has 1 saturated carbocycles. The second-order valence-corrected chi connectivity index (χ2v) is 7.07. The molecule has 3 N–H and O–H groups in total. The molecular formula is C17H24N2OS. The summed E-state index contributed by atoms with van der Waals surface area (Å²) in [6.07, 6.45) is 5.33. The van der Waals surface area contributed by atoms with Crippen molar-refractivity contribution in [1.82, 2.24) is 0 Å². The Hall–Kier alpha value is -1.13. The SMILES string of the molecule is Cc1ccc(C(N)=S)c(N2CCC3(O)CCCCC3C2)c1. The quantitative estimate of drug-likeness (QED) is 0.825. The van der Waals surface area contributed by atoms with Crippen LogP contribution in [0.5, 0.6) is 0 Å². The van der Waals surface area contributed by atoms with Crippen molar-refractivity contribution in [2.75, 3.05) is 18.0 Å². The number of anilines is 1. The summed E-state index contributed by atoms with van der Waals surface area (Å²) in [5.41, 5.74) is 8.75. The van der Waals surface area contributed by atoms with Gasteiger partial charge >= 0.3 is 0 Å². The molecule has 1 saturated heterocycles. The number of hydrogen-bond acceptors (Lipinski definition) is 3. The van der Waals surface area contributed by atoms with Crippen LogP contribution in [0, 0.1) is 12.8 Å². The van der Waals surface area contributed by atoms with Gasteiger partial charge in [-0.15, -0.1) is 0 Å². The third-order valence-corrected chi connectivity index (χ3v) is 5.41. The summed E-state index contributed by atoms with van der Waals surface area (Å²) in [6, 6.07) is 6.25. The first-order chi connectivity index (χ1) is 9.99. The second-order valence-electron chi connectivity index (χ2n) is 6.63. The molecule has 0 radical (unpaired) electrons. The Morgan fingerprint density at radius 2 is 2.19 bits per heavy atom. The molecule has 2 fully saturated rings. The largest absolute Gasteiger partial charge is 0.389 e. The fraction of sp³-hybridized carbons (Fsp3) is 0.588. The fourth-order valence-electron chi connectivity index (χ4n) is 3.90. The van der Waals surface area contributed by atoms with E-state index in [1.54, 1.807) is 0 Å². The van der Waals surface area contributed by atoms with E-state index in [1.807, 2.05) is 6.07 Å². The highest BCUT2D eigenvalue weighted by Crippen LogP contribution is 2.41. The number of nitrogens with two attached hydrogens (primary N) is 1. The van der Waals surface area contributed by atoms with Crippen LogP contribution in [0.4, 0.5) is 5.69 Å². The lowest BCUT2D eigenvalue weighted by Crippen LogP contribution is -2.53. The predicted molar refractivity (Wildman–Crippen MR) is 90.8 cm³/mol. The summed E-state index contributed by atoms with van der Waals surface area (Å²) >= 11 is 5.20. The number of aliphatic hydroxyl groups is 1. The molecule has 0 bridgehead atoms. The number of rotatable bonds is 2. The van der Waals surface area contributed by atoms with Crippen molar-refractivity contribution in [3.05, 3.63) is 29.3 Å². The number of fused-ring (bicyclic) bond motifs is 1. The first-order valence-corrected chi connectivity index (χ1v) is 8.28. The summed E-state index contributed by atoms with van der Waals surface area (Å²) < 4.78 is 0. The van der Waals surface area contributed by atoms with E-state index in [0.717, 1.165) is 50.0 Å². The Balaban J connectivity index is 1.88. The van der Waals surface area contributed by atoms with Crippen molar-refractivity contribution in [2.45, 2.75) is 44.6 Å². The van der Waals surface area contributed by atoms with Gasteiger partial charge in [-0.3, -0.25) is 0 Å². The molecule has 0 spiro atoms. The maximum Gasteiger partial charge on any atom is 0.106 e. The molecule has 0 aromatic heterocycles. The van der Waals surface area contributed by atoms with E-state index >= 15 is 0 Å². The molecule has 114 valence electrons. The molecular weight excluding hydrogens is 280 g/mol. The number of benzene rings is 1. The minimum Gasteiger partial charge on any atom is -0.389 e. The van der Waals surface area contributed by atoms with Crippen LogP contribution in [0.25, 0.3) is 0 Å². The zero-order chi connectivity index (χ0) is 15.0. The smallest absolute Gasteiger partial charge is 0.106 e. The molecule has 3 nitrogen and oxygen atoms in total. The van der Waals surface area contributed by atoms with E-state index < -0.39 is 5.60 Å². The first kappa shape index (κ1) is 14.8. The van der Waals surface area contributed by atoms with Crippen LogP contribution in [-0.4, -0.2) is 28.8 Å². The zero-order valence-corrected chi connectivity index (χ0v) is 13.5. The van der Waals surface area contributed by atoms with Gasteiger partial charge in [0.05, 0.1) is 5.60 Å². The van der Waals surface area contributed by atoms with E-state index in [4.69, 9.17) is 18.0 Å². The highest BCUT2D eigenvalue weighted by Gasteiger charge is 2.43. The van der Waals surface area contributed by atoms with Crippen molar-refractivity contribution in [2.24, 2.45) is 11.7 Å². The van der Waals surface area contributed by atoms with Crippen LogP contribution < -0.4 is 10.6 Å². The Bertz CT molecular complexity index is 560. The highest BCUT2D eigenvalue weighted by atomic mass is 32.1. The second kappa shape index (κ2) is 5.58. The van der Waals surface area contributed by atoms with Gasteiger partial charge in [0.15, 0.2) is 0 Å². The molecule has 1 aliphatic carbocycles. The molecule has 0 amide bonds. The third kappa shape index (κ3) is 2.79. The van der Waals surface area contributed by atoms with Crippen molar-refractivity contribution >= 4 is 22.9 Å². The number of piperidine rings is 1. The van der Waals surface area contributed by atoms with Gasteiger partial charge in [0.25, 0.3) is 0 Å². The van der Waals surface area contributed by atoms with Gasteiger partial charge in [0.2, 0.25) is 0 Å².